The molecule has 0 N–H and O–H groups in total. The molecular weight excluding hydrogens is 238 g/mol. The molecule has 3 nitrogen and oxygen atoms in total. The number of rotatable bonds is 5. The van der Waals surface area contributed by atoms with Crippen LogP contribution in [0, 0.1) is 5.92 Å². The lowest BCUT2D eigenvalue weighted by atomic mass is 10.1. The minimum Gasteiger partial charge on any atom is -0.346 e. The molecule has 104 valence electrons. The monoisotopic (exact) mass is 261 g/mol. The summed E-state index contributed by atoms with van der Waals surface area (Å²) in [6.45, 7) is 7.24. The van der Waals surface area contributed by atoms with Crippen LogP contribution in [0.1, 0.15) is 38.7 Å². The molecule has 0 bridgehead atoms. The van der Waals surface area contributed by atoms with Gasteiger partial charge in [0, 0.05) is 19.0 Å². The molecule has 2 rings (SSSR count). The zero-order valence-corrected chi connectivity index (χ0v) is 12.0. The maximum absolute atomic E-state index is 11.0. The van der Waals surface area contributed by atoms with Crippen LogP contribution in [-0.4, -0.2) is 30.2 Å². The number of carbonyl (C=O) groups excluding carboxylic acids is 2. The molecule has 1 aromatic rings. The highest BCUT2D eigenvalue weighted by molar-refractivity contribution is 5.82. The third-order valence-corrected chi connectivity index (χ3v) is 3.50. The van der Waals surface area contributed by atoms with Gasteiger partial charge in [0.25, 0.3) is 0 Å². The summed E-state index contributed by atoms with van der Waals surface area (Å²) in [7, 11) is 0. The van der Waals surface area contributed by atoms with Crippen LogP contribution < -0.4 is 0 Å². The van der Waals surface area contributed by atoms with Crippen LogP contribution in [0.4, 0.5) is 0 Å². The second-order valence-electron chi connectivity index (χ2n) is 4.80. The van der Waals surface area contributed by atoms with E-state index in [0.29, 0.717) is 17.6 Å². The standard InChI is InChI=1S/C11H12O.C5H11NO/c1-8(12)10-7-11(10)9-5-3-2-4-6-9;1-3-6(4-2)5-7/h2-6,10-11H,7H2,1H3;5H,3-4H2,1-2H3/t10-,11+;/m1./s1. The van der Waals surface area contributed by atoms with Gasteiger partial charge in [0.15, 0.2) is 0 Å². The Hall–Kier alpha value is -1.64. The van der Waals surface area contributed by atoms with E-state index in [0.717, 1.165) is 25.9 Å². The lowest BCUT2D eigenvalue weighted by molar-refractivity contribution is -0.118. The smallest absolute Gasteiger partial charge is 0.209 e. The molecule has 0 aliphatic heterocycles. The Labute approximate surface area is 115 Å². The molecule has 1 aliphatic rings. The summed E-state index contributed by atoms with van der Waals surface area (Å²) in [6, 6.07) is 10.3. The zero-order valence-electron chi connectivity index (χ0n) is 12.0. The molecule has 0 radical (unpaired) electrons. The van der Waals surface area contributed by atoms with E-state index in [2.05, 4.69) is 12.1 Å². The molecule has 0 aromatic heterocycles. The fourth-order valence-electron chi connectivity index (χ4n) is 2.09. The van der Waals surface area contributed by atoms with E-state index < -0.39 is 0 Å². The van der Waals surface area contributed by atoms with Crippen LogP contribution in [-0.2, 0) is 9.59 Å². The predicted octanol–water partition coefficient (Wildman–Crippen LogP) is 2.86. The average Bonchev–Trinajstić information content (AvgIpc) is 3.23. The largest absolute Gasteiger partial charge is 0.346 e. The van der Waals surface area contributed by atoms with Gasteiger partial charge in [-0.15, -0.1) is 0 Å². The van der Waals surface area contributed by atoms with E-state index in [4.69, 9.17) is 0 Å². The summed E-state index contributed by atoms with van der Waals surface area (Å²) in [5.74, 6) is 1.17. The van der Waals surface area contributed by atoms with Crippen LogP contribution in [0.5, 0.6) is 0 Å². The Bertz CT molecular complexity index is 398. The van der Waals surface area contributed by atoms with E-state index in [1.54, 1.807) is 11.8 Å². The molecular formula is C16H23NO2. The van der Waals surface area contributed by atoms with Gasteiger partial charge in [-0.05, 0) is 38.7 Å². The van der Waals surface area contributed by atoms with Crippen LogP contribution in [0.3, 0.4) is 0 Å². The van der Waals surface area contributed by atoms with Crippen LogP contribution in [0.15, 0.2) is 30.3 Å². The lowest BCUT2D eigenvalue weighted by Gasteiger charge is -2.08. The van der Waals surface area contributed by atoms with Crippen molar-refractivity contribution in [3.63, 3.8) is 0 Å². The van der Waals surface area contributed by atoms with Gasteiger partial charge in [0.1, 0.15) is 5.78 Å². The van der Waals surface area contributed by atoms with E-state index in [1.165, 1.54) is 5.56 Å². The minimum absolute atomic E-state index is 0.312. The molecule has 2 atom stereocenters. The van der Waals surface area contributed by atoms with Crippen LogP contribution in [0.25, 0.3) is 0 Å². The molecule has 0 spiro atoms. The Morgan fingerprint density at radius 1 is 1.26 bits per heavy atom. The van der Waals surface area contributed by atoms with Crippen molar-refractivity contribution in [3.8, 4) is 0 Å². The van der Waals surface area contributed by atoms with E-state index in [9.17, 15) is 9.59 Å². The van der Waals surface area contributed by atoms with E-state index in [1.807, 2.05) is 32.0 Å². The van der Waals surface area contributed by atoms with Crippen molar-refractivity contribution in [2.24, 2.45) is 5.92 Å². The topological polar surface area (TPSA) is 37.4 Å². The highest BCUT2D eigenvalue weighted by Crippen LogP contribution is 2.47. The molecule has 1 amide bonds. The maximum atomic E-state index is 11.0. The summed E-state index contributed by atoms with van der Waals surface area (Å²) in [4.78, 5) is 22.6. The number of hydrogen-bond acceptors (Lipinski definition) is 2. The number of carbonyl (C=O) groups is 2. The number of benzene rings is 1. The average molecular weight is 261 g/mol. The molecule has 0 heterocycles. The Morgan fingerprint density at radius 3 is 2.16 bits per heavy atom. The van der Waals surface area contributed by atoms with Crippen molar-refractivity contribution >= 4 is 12.2 Å². The number of hydrogen-bond donors (Lipinski definition) is 0. The van der Waals surface area contributed by atoms with Crippen LogP contribution in [0.2, 0.25) is 0 Å². The van der Waals surface area contributed by atoms with Gasteiger partial charge in [-0.2, -0.15) is 0 Å². The second-order valence-corrected chi connectivity index (χ2v) is 4.80. The summed E-state index contributed by atoms with van der Waals surface area (Å²) in [5.41, 5.74) is 1.32. The fourth-order valence-corrected chi connectivity index (χ4v) is 2.09. The first kappa shape index (κ1) is 15.4. The summed E-state index contributed by atoms with van der Waals surface area (Å²) in [5, 5.41) is 0. The number of ketones is 1. The third kappa shape index (κ3) is 4.86. The summed E-state index contributed by atoms with van der Waals surface area (Å²) in [6.07, 6.45) is 1.92. The molecule has 1 aromatic carbocycles. The quantitative estimate of drug-likeness (QED) is 0.764. The Kier molecular flexibility index (Phi) is 6.26. The molecule has 1 fully saturated rings. The molecule has 0 saturated heterocycles. The van der Waals surface area contributed by atoms with Gasteiger partial charge in [0.2, 0.25) is 6.41 Å². The fraction of sp³-hybridized carbons (Fsp3) is 0.500. The minimum atomic E-state index is 0.312. The number of Topliss-reactive ketones (excluding diaryl/α,β-unsaturated/α-hetero) is 1. The van der Waals surface area contributed by atoms with E-state index >= 15 is 0 Å². The molecule has 1 aliphatic carbocycles. The highest BCUT2D eigenvalue weighted by atomic mass is 16.1. The maximum Gasteiger partial charge on any atom is 0.209 e. The molecule has 1 saturated carbocycles. The molecule has 3 heteroatoms. The molecule has 19 heavy (non-hydrogen) atoms. The van der Waals surface area contributed by atoms with Crippen LogP contribution >= 0.6 is 0 Å². The summed E-state index contributed by atoms with van der Waals surface area (Å²) < 4.78 is 0. The Morgan fingerprint density at radius 2 is 1.84 bits per heavy atom. The first-order chi connectivity index (χ1) is 9.13. The predicted molar refractivity (Wildman–Crippen MR) is 77.0 cm³/mol. The summed E-state index contributed by atoms with van der Waals surface area (Å²) >= 11 is 0. The van der Waals surface area contributed by atoms with Gasteiger partial charge in [-0.1, -0.05) is 30.3 Å². The number of nitrogens with zero attached hydrogens (tertiary/aromatic N) is 1. The van der Waals surface area contributed by atoms with Crippen molar-refractivity contribution in [1.82, 2.24) is 4.90 Å². The Balaban J connectivity index is 0.000000224. The third-order valence-electron chi connectivity index (χ3n) is 3.50. The zero-order chi connectivity index (χ0) is 14.3. The van der Waals surface area contributed by atoms with Crippen molar-refractivity contribution in [1.29, 1.82) is 0 Å². The van der Waals surface area contributed by atoms with Gasteiger partial charge in [0.05, 0.1) is 0 Å². The SMILES string of the molecule is CC(=O)[C@H]1C[C@H]1c1ccccc1.CCN(C=O)CC. The van der Waals surface area contributed by atoms with Gasteiger partial charge in [-0.3, -0.25) is 9.59 Å². The van der Waals surface area contributed by atoms with Crippen molar-refractivity contribution in [3.05, 3.63) is 35.9 Å². The normalized spacial score (nSPS) is 19.9. The number of amides is 1. The first-order valence-electron chi connectivity index (χ1n) is 6.88. The highest BCUT2D eigenvalue weighted by Gasteiger charge is 2.41. The van der Waals surface area contributed by atoms with Gasteiger partial charge in [-0.25, -0.2) is 0 Å². The lowest BCUT2D eigenvalue weighted by Crippen LogP contribution is -2.19. The first-order valence-corrected chi connectivity index (χ1v) is 6.88. The van der Waals surface area contributed by atoms with Crippen molar-refractivity contribution < 1.29 is 9.59 Å². The van der Waals surface area contributed by atoms with E-state index in [-0.39, 0.29) is 0 Å². The van der Waals surface area contributed by atoms with Gasteiger partial charge < -0.3 is 4.90 Å². The van der Waals surface area contributed by atoms with Gasteiger partial charge >= 0.3 is 0 Å². The van der Waals surface area contributed by atoms with Crippen molar-refractivity contribution in [2.75, 3.05) is 13.1 Å². The van der Waals surface area contributed by atoms with Crippen molar-refractivity contribution in [2.45, 2.75) is 33.1 Å². The second kappa shape index (κ2) is 7.72. The molecule has 0 unspecified atom stereocenters.